The summed E-state index contributed by atoms with van der Waals surface area (Å²) >= 11 is 0. The largest absolute Gasteiger partial charge is 0.469 e. The fourth-order valence-corrected chi connectivity index (χ4v) is 4.35. The molecular formula is C23H39NO5Si. The Labute approximate surface area is 182 Å². The number of amides is 1. The van der Waals surface area contributed by atoms with E-state index in [-0.39, 0.29) is 5.04 Å². The van der Waals surface area contributed by atoms with Crippen LogP contribution in [-0.2, 0) is 18.7 Å². The van der Waals surface area contributed by atoms with Crippen LogP contribution in [0.3, 0.4) is 0 Å². The van der Waals surface area contributed by atoms with Crippen molar-refractivity contribution in [2.45, 2.75) is 84.3 Å². The second-order valence-corrected chi connectivity index (χ2v) is 14.9. The first-order chi connectivity index (χ1) is 13.6. The van der Waals surface area contributed by atoms with Gasteiger partial charge in [-0.3, -0.25) is 4.79 Å². The Hall–Kier alpha value is -1.86. The van der Waals surface area contributed by atoms with Crippen molar-refractivity contribution >= 4 is 20.4 Å². The zero-order chi connectivity index (χ0) is 23.3. The van der Waals surface area contributed by atoms with Crippen LogP contribution in [0, 0.1) is 5.92 Å². The van der Waals surface area contributed by atoms with Crippen LogP contribution in [0.1, 0.15) is 60.1 Å². The van der Waals surface area contributed by atoms with Gasteiger partial charge in [-0.05, 0) is 51.4 Å². The van der Waals surface area contributed by atoms with Crippen molar-refractivity contribution in [3.8, 4) is 0 Å². The Morgan fingerprint density at radius 1 is 1.00 bits per heavy atom. The molecule has 170 valence electrons. The minimum Gasteiger partial charge on any atom is -0.469 e. The van der Waals surface area contributed by atoms with Crippen molar-refractivity contribution in [3.05, 3.63) is 35.9 Å². The van der Waals surface area contributed by atoms with Crippen LogP contribution in [0.25, 0.3) is 0 Å². The Bertz CT molecular complexity index is 707. The number of carbonyl (C=O) groups is 2. The standard InChI is InChI=1S/C23H39NO5Si/c1-16(29-30(9,10)23(5,6)7)18(20(25)27-8)19(17-14-12-11-13-15-17)24-21(26)28-22(2,3)4/h11-16,18-19H,1-10H3,(H,24,26)/t16-,18?,19+/m1/s1. The minimum atomic E-state index is -2.17. The Balaban J connectivity index is 3.34. The van der Waals surface area contributed by atoms with E-state index in [4.69, 9.17) is 13.9 Å². The van der Waals surface area contributed by atoms with E-state index in [2.05, 4.69) is 39.2 Å². The predicted molar refractivity (Wildman–Crippen MR) is 122 cm³/mol. The van der Waals surface area contributed by atoms with E-state index in [1.807, 2.05) is 37.3 Å². The monoisotopic (exact) mass is 437 g/mol. The highest BCUT2D eigenvalue weighted by atomic mass is 28.4. The van der Waals surface area contributed by atoms with Gasteiger partial charge in [-0.25, -0.2) is 4.79 Å². The molecule has 1 aromatic rings. The fourth-order valence-electron chi connectivity index (χ4n) is 2.92. The molecule has 30 heavy (non-hydrogen) atoms. The maximum atomic E-state index is 12.9. The number of ether oxygens (including phenoxy) is 2. The number of benzene rings is 1. The number of methoxy groups -OCH3 is 1. The van der Waals surface area contributed by atoms with Crippen LogP contribution in [0.5, 0.6) is 0 Å². The molecule has 0 spiro atoms. The summed E-state index contributed by atoms with van der Waals surface area (Å²) in [7, 11) is -0.815. The number of rotatable bonds is 7. The van der Waals surface area contributed by atoms with Crippen molar-refractivity contribution in [2.75, 3.05) is 7.11 Å². The van der Waals surface area contributed by atoms with Crippen LogP contribution in [0.4, 0.5) is 4.79 Å². The number of carbonyl (C=O) groups excluding carboxylic acids is 2. The van der Waals surface area contributed by atoms with Crippen LogP contribution in [-0.4, -0.2) is 39.2 Å². The molecule has 7 heteroatoms. The molecule has 1 N–H and O–H groups in total. The lowest BCUT2D eigenvalue weighted by Crippen LogP contribution is -2.50. The van der Waals surface area contributed by atoms with Crippen molar-refractivity contribution in [1.82, 2.24) is 5.32 Å². The first kappa shape index (κ1) is 26.2. The SMILES string of the molecule is COC(=O)C([C@@H](C)O[Si](C)(C)C(C)(C)C)[C@@H](NC(=O)OC(C)(C)C)c1ccccc1. The average Bonchev–Trinajstić information content (AvgIpc) is 2.58. The zero-order valence-electron chi connectivity index (χ0n) is 20.2. The first-order valence-electron chi connectivity index (χ1n) is 10.4. The molecule has 1 aromatic carbocycles. The lowest BCUT2D eigenvalue weighted by atomic mass is 9.89. The summed E-state index contributed by atoms with van der Waals surface area (Å²) in [5, 5.41) is 2.86. The average molecular weight is 438 g/mol. The molecule has 1 rings (SSSR count). The molecule has 0 heterocycles. The van der Waals surface area contributed by atoms with Crippen molar-refractivity contribution < 1.29 is 23.5 Å². The summed E-state index contributed by atoms with van der Waals surface area (Å²) in [6, 6.07) is 8.71. The highest BCUT2D eigenvalue weighted by Gasteiger charge is 2.44. The van der Waals surface area contributed by atoms with E-state index >= 15 is 0 Å². The lowest BCUT2D eigenvalue weighted by Gasteiger charge is -2.41. The molecule has 0 aliphatic heterocycles. The van der Waals surface area contributed by atoms with Crippen molar-refractivity contribution in [3.63, 3.8) is 0 Å². The van der Waals surface area contributed by atoms with E-state index < -0.39 is 44.0 Å². The number of hydrogen-bond acceptors (Lipinski definition) is 5. The third-order valence-corrected chi connectivity index (χ3v) is 10.0. The Morgan fingerprint density at radius 2 is 1.53 bits per heavy atom. The normalized spacial score (nSPS) is 15.7. The van der Waals surface area contributed by atoms with Gasteiger partial charge in [0.1, 0.15) is 11.5 Å². The summed E-state index contributed by atoms with van der Waals surface area (Å²) < 4.78 is 17.1. The number of alkyl carbamates (subject to hydrolysis) is 1. The van der Waals surface area contributed by atoms with Gasteiger partial charge in [0, 0.05) is 0 Å². The van der Waals surface area contributed by atoms with Crippen LogP contribution < -0.4 is 5.32 Å². The smallest absolute Gasteiger partial charge is 0.408 e. The van der Waals surface area contributed by atoms with E-state index in [1.165, 1.54) is 7.11 Å². The molecule has 0 aromatic heterocycles. The van der Waals surface area contributed by atoms with E-state index in [0.29, 0.717) is 0 Å². The predicted octanol–water partition coefficient (Wildman–Crippen LogP) is 5.45. The van der Waals surface area contributed by atoms with Gasteiger partial charge in [0.25, 0.3) is 0 Å². The zero-order valence-corrected chi connectivity index (χ0v) is 21.2. The lowest BCUT2D eigenvalue weighted by molar-refractivity contribution is -0.150. The summed E-state index contributed by atoms with van der Waals surface area (Å²) in [5.41, 5.74) is 0.124. The van der Waals surface area contributed by atoms with E-state index in [0.717, 1.165) is 5.56 Å². The first-order valence-corrected chi connectivity index (χ1v) is 13.3. The van der Waals surface area contributed by atoms with E-state index in [1.54, 1.807) is 20.8 Å². The third kappa shape index (κ3) is 7.43. The fraction of sp³-hybridized carbons (Fsp3) is 0.652. The molecule has 3 atom stereocenters. The third-order valence-electron chi connectivity index (χ3n) is 5.46. The molecule has 0 aliphatic carbocycles. The molecule has 0 saturated heterocycles. The molecule has 0 bridgehead atoms. The summed E-state index contributed by atoms with van der Waals surface area (Å²) in [6.07, 6.45) is -1.07. The van der Waals surface area contributed by atoms with Gasteiger partial charge in [0.15, 0.2) is 8.32 Å². The van der Waals surface area contributed by atoms with Gasteiger partial charge in [-0.15, -0.1) is 0 Å². The van der Waals surface area contributed by atoms with Gasteiger partial charge in [0.05, 0.1) is 19.3 Å². The van der Waals surface area contributed by atoms with Crippen molar-refractivity contribution in [2.24, 2.45) is 5.92 Å². The van der Waals surface area contributed by atoms with Gasteiger partial charge in [-0.1, -0.05) is 51.1 Å². The van der Waals surface area contributed by atoms with Gasteiger partial charge in [0.2, 0.25) is 0 Å². The quantitative estimate of drug-likeness (QED) is 0.453. The molecular weight excluding hydrogens is 398 g/mol. The summed E-state index contributed by atoms with van der Waals surface area (Å²) in [5.74, 6) is -1.18. The van der Waals surface area contributed by atoms with Gasteiger partial charge < -0.3 is 19.2 Å². The maximum Gasteiger partial charge on any atom is 0.408 e. The molecule has 0 aliphatic rings. The highest BCUT2D eigenvalue weighted by molar-refractivity contribution is 6.74. The topological polar surface area (TPSA) is 73.9 Å². The Kier molecular flexibility index (Phi) is 8.69. The Morgan fingerprint density at radius 3 is 1.97 bits per heavy atom. The van der Waals surface area contributed by atoms with E-state index in [9.17, 15) is 9.59 Å². The number of nitrogens with one attached hydrogen (secondary N) is 1. The molecule has 0 radical (unpaired) electrons. The second kappa shape index (κ2) is 9.96. The highest BCUT2D eigenvalue weighted by Crippen LogP contribution is 2.39. The summed E-state index contributed by atoms with van der Waals surface area (Å²) in [4.78, 5) is 25.5. The van der Waals surface area contributed by atoms with Crippen LogP contribution in [0.15, 0.2) is 30.3 Å². The van der Waals surface area contributed by atoms with Crippen LogP contribution >= 0.6 is 0 Å². The second-order valence-electron chi connectivity index (χ2n) is 10.2. The van der Waals surface area contributed by atoms with Crippen molar-refractivity contribution in [1.29, 1.82) is 0 Å². The molecule has 1 unspecified atom stereocenters. The molecule has 0 fully saturated rings. The number of esters is 1. The van der Waals surface area contributed by atoms with Crippen LogP contribution in [0.2, 0.25) is 18.1 Å². The van der Waals surface area contributed by atoms with Gasteiger partial charge in [-0.2, -0.15) is 0 Å². The molecule has 1 amide bonds. The molecule has 6 nitrogen and oxygen atoms in total. The summed E-state index contributed by atoms with van der Waals surface area (Å²) in [6.45, 7) is 18.0. The minimum absolute atomic E-state index is 0.0250. The maximum absolute atomic E-state index is 12.9. The van der Waals surface area contributed by atoms with Gasteiger partial charge >= 0.3 is 12.1 Å². The molecule has 0 saturated carbocycles. The number of hydrogen-bond donors (Lipinski definition) is 1.